The van der Waals surface area contributed by atoms with Gasteiger partial charge in [0.2, 0.25) is 0 Å². The SMILES string of the molecule is Cc1cc2c(cc1C(=O)O)NC(=O)/C2=C(/Nc1ccc(C(=O)NOCCN2CCC(N(C)C)C2)cc1)c1ccccc1. The van der Waals surface area contributed by atoms with E-state index in [0.29, 0.717) is 52.0 Å². The topological polar surface area (TPSA) is 123 Å². The summed E-state index contributed by atoms with van der Waals surface area (Å²) in [5.41, 5.74) is 7.13. The van der Waals surface area contributed by atoms with Gasteiger partial charge in [-0.3, -0.25) is 19.3 Å². The lowest BCUT2D eigenvalue weighted by Gasteiger charge is -2.20. The van der Waals surface area contributed by atoms with Crippen LogP contribution >= 0.6 is 0 Å². The summed E-state index contributed by atoms with van der Waals surface area (Å²) in [5.74, 6) is -1.73. The number of hydroxylamine groups is 1. The highest BCUT2D eigenvalue weighted by Crippen LogP contribution is 2.39. The third-order valence-corrected chi connectivity index (χ3v) is 7.72. The van der Waals surface area contributed by atoms with Crippen molar-refractivity contribution in [1.29, 1.82) is 0 Å². The van der Waals surface area contributed by atoms with Gasteiger partial charge in [0.05, 0.1) is 29.1 Å². The van der Waals surface area contributed by atoms with Crippen LogP contribution in [0.5, 0.6) is 0 Å². The van der Waals surface area contributed by atoms with E-state index >= 15 is 0 Å². The molecule has 1 fully saturated rings. The second-order valence-corrected chi connectivity index (χ2v) is 10.8. The number of hydrogen-bond acceptors (Lipinski definition) is 7. The van der Waals surface area contributed by atoms with Crippen LogP contribution in [0.3, 0.4) is 0 Å². The summed E-state index contributed by atoms with van der Waals surface area (Å²) in [6.45, 7) is 4.87. The van der Waals surface area contributed by atoms with Crippen LogP contribution in [-0.2, 0) is 9.63 Å². The molecule has 1 saturated heterocycles. The minimum absolute atomic E-state index is 0.136. The number of hydrogen-bond donors (Lipinski definition) is 4. The average molecular weight is 570 g/mol. The van der Waals surface area contributed by atoms with Crippen molar-refractivity contribution in [2.45, 2.75) is 19.4 Å². The standard InChI is InChI=1S/C32H35N5O5/c1-20-17-26-27(18-25(20)32(40)41)34-31(39)28(26)29(21-7-5-4-6-8-21)33-23-11-9-22(10-12-23)30(38)35-42-16-15-37-14-13-24(19-37)36(2)3/h4-12,17-18,24,33H,13-16,19H2,1-3H3,(H,34,39)(H,35,38)(H,40,41)/b29-28+. The Morgan fingerprint density at radius 1 is 1.07 bits per heavy atom. The number of carbonyl (C=O) groups is 3. The Balaban J connectivity index is 1.29. The molecule has 2 heterocycles. The summed E-state index contributed by atoms with van der Waals surface area (Å²) in [7, 11) is 4.18. The van der Waals surface area contributed by atoms with Crippen LogP contribution in [0, 0.1) is 6.92 Å². The first-order valence-electron chi connectivity index (χ1n) is 13.9. The number of benzene rings is 3. The van der Waals surface area contributed by atoms with Gasteiger partial charge >= 0.3 is 5.97 Å². The molecule has 0 aromatic heterocycles. The van der Waals surface area contributed by atoms with Crippen LogP contribution in [0.2, 0.25) is 0 Å². The molecule has 1 unspecified atom stereocenters. The number of likely N-dealkylation sites (tertiary alicyclic amines) is 1. The average Bonchev–Trinajstić information content (AvgIpc) is 3.58. The van der Waals surface area contributed by atoms with E-state index < -0.39 is 5.97 Å². The highest BCUT2D eigenvalue weighted by molar-refractivity contribution is 6.37. The molecular weight excluding hydrogens is 534 g/mol. The maximum atomic E-state index is 13.2. The molecule has 2 aliphatic heterocycles. The number of amides is 2. The van der Waals surface area contributed by atoms with E-state index in [9.17, 15) is 19.5 Å². The third-order valence-electron chi connectivity index (χ3n) is 7.72. The number of carbonyl (C=O) groups excluding carboxylic acids is 2. The Hall–Kier alpha value is -4.51. The molecule has 1 atom stereocenters. The van der Waals surface area contributed by atoms with Gasteiger partial charge in [0.15, 0.2) is 0 Å². The van der Waals surface area contributed by atoms with Crippen LogP contribution in [-0.4, -0.2) is 79.1 Å². The number of aromatic carboxylic acids is 1. The van der Waals surface area contributed by atoms with Gasteiger partial charge in [-0.15, -0.1) is 0 Å². The van der Waals surface area contributed by atoms with E-state index in [1.807, 2.05) is 30.3 Å². The van der Waals surface area contributed by atoms with Gasteiger partial charge in [-0.1, -0.05) is 30.3 Å². The van der Waals surface area contributed by atoms with Crippen molar-refractivity contribution >= 4 is 40.4 Å². The van der Waals surface area contributed by atoms with Crippen molar-refractivity contribution < 1.29 is 24.3 Å². The summed E-state index contributed by atoms with van der Waals surface area (Å²) in [5, 5.41) is 15.7. The van der Waals surface area contributed by atoms with Crippen molar-refractivity contribution in [1.82, 2.24) is 15.3 Å². The minimum Gasteiger partial charge on any atom is -0.478 e. The molecule has 0 radical (unpaired) electrons. The highest BCUT2D eigenvalue weighted by atomic mass is 16.7. The Bertz CT molecular complexity index is 1520. The fraction of sp³-hybridized carbons (Fsp3) is 0.281. The number of nitrogens with one attached hydrogen (secondary N) is 3. The zero-order chi connectivity index (χ0) is 29.8. The number of likely N-dealkylation sites (N-methyl/N-ethyl adjacent to an activating group) is 1. The molecule has 3 aromatic rings. The van der Waals surface area contributed by atoms with Crippen LogP contribution in [0.15, 0.2) is 66.7 Å². The number of rotatable bonds is 10. The van der Waals surface area contributed by atoms with Crippen molar-refractivity contribution in [2.24, 2.45) is 0 Å². The van der Waals surface area contributed by atoms with E-state index in [1.165, 1.54) is 6.07 Å². The molecular formula is C32H35N5O5. The van der Waals surface area contributed by atoms with E-state index in [4.69, 9.17) is 4.84 Å². The number of aryl methyl sites for hydroxylation is 1. The first-order valence-corrected chi connectivity index (χ1v) is 13.9. The van der Waals surface area contributed by atoms with E-state index in [2.05, 4.69) is 40.0 Å². The molecule has 10 heteroatoms. The molecule has 0 aliphatic carbocycles. The number of fused-ring (bicyclic) bond motifs is 1. The molecule has 4 N–H and O–H groups in total. The zero-order valence-corrected chi connectivity index (χ0v) is 23.9. The maximum absolute atomic E-state index is 13.2. The van der Waals surface area contributed by atoms with Crippen LogP contribution < -0.4 is 16.1 Å². The minimum atomic E-state index is -1.05. The van der Waals surface area contributed by atoms with Gasteiger partial charge in [-0.25, -0.2) is 10.3 Å². The molecule has 10 nitrogen and oxygen atoms in total. The number of carboxylic acid groups (broad SMARTS) is 1. The van der Waals surface area contributed by atoms with Crippen molar-refractivity contribution in [2.75, 3.05) is 51.0 Å². The monoisotopic (exact) mass is 569 g/mol. The van der Waals surface area contributed by atoms with Crippen LogP contribution in [0.25, 0.3) is 11.3 Å². The molecule has 0 bridgehead atoms. The molecule has 3 aromatic carbocycles. The Morgan fingerprint density at radius 2 is 1.81 bits per heavy atom. The molecule has 0 saturated carbocycles. The van der Waals surface area contributed by atoms with E-state index in [-0.39, 0.29) is 17.4 Å². The summed E-state index contributed by atoms with van der Waals surface area (Å²) in [6, 6.07) is 20.1. The zero-order valence-electron chi connectivity index (χ0n) is 23.9. The van der Waals surface area contributed by atoms with Crippen molar-refractivity contribution in [3.05, 3.63) is 94.5 Å². The largest absolute Gasteiger partial charge is 0.478 e. The van der Waals surface area contributed by atoms with Crippen LogP contribution in [0.4, 0.5) is 11.4 Å². The highest BCUT2D eigenvalue weighted by Gasteiger charge is 2.30. The Morgan fingerprint density at radius 3 is 2.48 bits per heavy atom. The number of carboxylic acids is 1. The van der Waals surface area contributed by atoms with E-state index in [0.717, 1.165) is 31.6 Å². The van der Waals surface area contributed by atoms with Crippen molar-refractivity contribution in [3.8, 4) is 0 Å². The van der Waals surface area contributed by atoms with Gasteiger partial charge < -0.3 is 20.6 Å². The molecule has 5 rings (SSSR count). The number of nitrogens with zero attached hydrogens (tertiary/aromatic N) is 2. The van der Waals surface area contributed by atoms with Gasteiger partial charge in [0, 0.05) is 35.9 Å². The molecule has 2 aliphatic rings. The summed E-state index contributed by atoms with van der Waals surface area (Å²) in [6.07, 6.45) is 1.13. The fourth-order valence-electron chi connectivity index (χ4n) is 5.32. The fourth-order valence-corrected chi connectivity index (χ4v) is 5.32. The lowest BCUT2D eigenvalue weighted by Crippen LogP contribution is -2.34. The van der Waals surface area contributed by atoms with Gasteiger partial charge in [-0.05, 0) is 81.5 Å². The summed E-state index contributed by atoms with van der Waals surface area (Å²) >= 11 is 0. The van der Waals surface area contributed by atoms with Gasteiger partial charge in [0.1, 0.15) is 0 Å². The van der Waals surface area contributed by atoms with Crippen molar-refractivity contribution in [3.63, 3.8) is 0 Å². The first-order chi connectivity index (χ1) is 20.2. The van der Waals surface area contributed by atoms with Gasteiger partial charge in [-0.2, -0.15) is 0 Å². The second-order valence-electron chi connectivity index (χ2n) is 10.8. The first kappa shape index (κ1) is 29.0. The Labute approximate surface area is 244 Å². The van der Waals surface area contributed by atoms with Gasteiger partial charge in [0.25, 0.3) is 11.8 Å². The second kappa shape index (κ2) is 12.6. The van der Waals surface area contributed by atoms with E-state index in [1.54, 1.807) is 37.3 Å². The third kappa shape index (κ3) is 6.36. The summed E-state index contributed by atoms with van der Waals surface area (Å²) < 4.78 is 0. The lowest BCUT2D eigenvalue weighted by molar-refractivity contribution is -0.110. The molecule has 218 valence electrons. The smallest absolute Gasteiger partial charge is 0.336 e. The quantitative estimate of drug-likeness (QED) is 0.165. The molecule has 2 amide bonds. The maximum Gasteiger partial charge on any atom is 0.336 e. The molecule has 42 heavy (non-hydrogen) atoms. The molecule has 0 spiro atoms. The lowest BCUT2D eigenvalue weighted by atomic mass is 9.96. The predicted molar refractivity (Wildman–Crippen MR) is 162 cm³/mol. The van der Waals surface area contributed by atoms with Crippen LogP contribution in [0.1, 0.15) is 43.8 Å². The summed E-state index contributed by atoms with van der Waals surface area (Å²) in [4.78, 5) is 47.5. The Kier molecular flexibility index (Phi) is 8.67. The number of anilines is 2. The predicted octanol–water partition coefficient (Wildman–Crippen LogP) is 3.92. The normalized spacial score (nSPS) is 17.6.